The van der Waals surface area contributed by atoms with Gasteiger partial charge in [-0.05, 0) is 74.7 Å². The molecule has 0 fully saturated rings. The molecule has 0 bridgehead atoms. The standard InChI is InChI=1S/C13H12BrFINS/c1-17-12(7-13-10(14)4-5-18-13)9-3-2-8(15)6-11(9)16/h2-6,12,17H,7H2,1H3. The Hall–Kier alpha value is 0.0200. The maximum Gasteiger partial charge on any atom is 0.124 e. The van der Waals surface area contributed by atoms with Gasteiger partial charge in [0.25, 0.3) is 0 Å². The summed E-state index contributed by atoms with van der Waals surface area (Å²) in [6, 6.07) is 7.21. The van der Waals surface area contributed by atoms with Crippen LogP contribution < -0.4 is 5.32 Å². The highest BCUT2D eigenvalue weighted by Crippen LogP contribution is 2.30. The Morgan fingerprint density at radius 2 is 2.22 bits per heavy atom. The SMILES string of the molecule is CNC(Cc1sccc1Br)c1ccc(F)cc1I. The molecule has 1 unspecified atom stereocenters. The number of likely N-dealkylation sites (N-methyl/N-ethyl adjacent to an activating group) is 1. The molecule has 0 aliphatic heterocycles. The van der Waals surface area contributed by atoms with Crippen LogP contribution in [0.4, 0.5) is 4.39 Å². The summed E-state index contributed by atoms with van der Waals surface area (Å²) in [6.45, 7) is 0. The third-order valence-corrected chi connectivity index (χ3v) is 5.65. The van der Waals surface area contributed by atoms with Crippen molar-refractivity contribution in [3.8, 4) is 0 Å². The monoisotopic (exact) mass is 439 g/mol. The zero-order valence-electron chi connectivity index (χ0n) is 9.71. The van der Waals surface area contributed by atoms with Gasteiger partial charge in [-0.15, -0.1) is 11.3 Å². The lowest BCUT2D eigenvalue weighted by atomic mass is 10.0. The van der Waals surface area contributed by atoms with E-state index in [-0.39, 0.29) is 11.9 Å². The largest absolute Gasteiger partial charge is 0.313 e. The van der Waals surface area contributed by atoms with Gasteiger partial charge in [-0.25, -0.2) is 4.39 Å². The van der Waals surface area contributed by atoms with Gasteiger partial charge in [-0.1, -0.05) is 6.07 Å². The molecule has 0 aliphatic carbocycles. The van der Waals surface area contributed by atoms with E-state index in [1.165, 1.54) is 10.9 Å². The maximum absolute atomic E-state index is 13.1. The molecule has 2 aromatic rings. The first-order chi connectivity index (χ1) is 8.61. The van der Waals surface area contributed by atoms with Gasteiger partial charge in [0.05, 0.1) is 0 Å². The van der Waals surface area contributed by atoms with Crippen molar-refractivity contribution in [3.05, 3.63) is 53.9 Å². The smallest absolute Gasteiger partial charge is 0.124 e. The molecule has 96 valence electrons. The van der Waals surface area contributed by atoms with Crippen molar-refractivity contribution >= 4 is 49.9 Å². The average Bonchev–Trinajstić information content (AvgIpc) is 2.73. The van der Waals surface area contributed by atoms with Crippen molar-refractivity contribution in [1.29, 1.82) is 0 Å². The molecular formula is C13H12BrFINS. The van der Waals surface area contributed by atoms with Crippen LogP contribution in [-0.4, -0.2) is 7.05 Å². The van der Waals surface area contributed by atoms with Crippen LogP contribution in [0.1, 0.15) is 16.5 Å². The quantitative estimate of drug-likeness (QED) is 0.677. The van der Waals surface area contributed by atoms with Crippen LogP contribution in [0, 0.1) is 9.39 Å². The lowest BCUT2D eigenvalue weighted by Gasteiger charge is -2.18. The van der Waals surface area contributed by atoms with Crippen molar-refractivity contribution in [2.24, 2.45) is 0 Å². The van der Waals surface area contributed by atoms with Crippen LogP contribution in [0.25, 0.3) is 0 Å². The number of benzene rings is 1. The van der Waals surface area contributed by atoms with Gasteiger partial charge in [0.15, 0.2) is 0 Å². The topological polar surface area (TPSA) is 12.0 Å². The van der Waals surface area contributed by atoms with Crippen molar-refractivity contribution in [1.82, 2.24) is 5.32 Å². The number of hydrogen-bond donors (Lipinski definition) is 1. The Labute approximate surface area is 132 Å². The van der Waals surface area contributed by atoms with Crippen molar-refractivity contribution < 1.29 is 4.39 Å². The second-order valence-corrected chi connectivity index (χ2v) is 6.92. The fourth-order valence-electron chi connectivity index (χ4n) is 1.81. The number of hydrogen-bond acceptors (Lipinski definition) is 2. The van der Waals surface area contributed by atoms with E-state index in [2.05, 4.69) is 55.3 Å². The van der Waals surface area contributed by atoms with Gasteiger partial charge in [0.2, 0.25) is 0 Å². The summed E-state index contributed by atoms with van der Waals surface area (Å²) in [5, 5.41) is 5.37. The molecular weight excluding hydrogens is 428 g/mol. The average molecular weight is 440 g/mol. The molecule has 0 aliphatic rings. The molecule has 0 spiro atoms. The minimum atomic E-state index is -0.185. The van der Waals surface area contributed by atoms with Crippen molar-refractivity contribution in [3.63, 3.8) is 0 Å². The summed E-state index contributed by atoms with van der Waals surface area (Å²) in [6.07, 6.45) is 0.899. The Balaban J connectivity index is 2.26. The van der Waals surface area contributed by atoms with Crippen LogP contribution in [0.2, 0.25) is 0 Å². The number of thiophene rings is 1. The van der Waals surface area contributed by atoms with E-state index < -0.39 is 0 Å². The third kappa shape index (κ3) is 3.31. The first-order valence-corrected chi connectivity index (χ1v) is 8.21. The molecule has 0 saturated carbocycles. The molecule has 1 nitrogen and oxygen atoms in total. The second-order valence-electron chi connectivity index (χ2n) is 3.90. The van der Waals surface area contributed by atoms with Crippen LogP contribution >= 0.6 is 49.9 Å². The molecule has 5 heteroatoms. The van der Waals surface area contributed by atoms with Gasteiger partial charge in [0, 0.05) is 25.4 Å². The van der Waals surface area contributed by atoms with Crippen LogP contribution in [0.3, 0.4) is 0 Å². The minimum absolute atomic E-state index is 0.185. The van der Waals surface area contributed by atoms with Crippen molar-refractivity contribution in [2.75, 3.05) is 7.05 Å². The summed E-state index contributed by atoms with van der Waals surface area (Å²) in [5.41, 5.74) is 1.14. The summed E-state index contributed by atoms with van der Waals surface area (Å²) in [5.74, 6) is -0.185. The molecule has 1 aromatic carbocycles. The summed E-state index contributed by atoms with van der Waals surface area (Å²) in [4.78, 5) is 1.30. The molecule has 0 radical (unpaired) electrons. The fourth-order valence-corrected chi connectivity index (χ4v) is 4.22. The first-order valence-electron chi connectivity index (χ1n) is 5.46. The highest BCUT2D eigenvalue weighted by atomic mass is 127. The molecule has 0 saturated heterocycles. The summed E-state index contributed by atoms with van der Waals surface area (Å²) >= 11 is 7.47. The maximum atomic E-state index is 13.1. The van der Waals surface area contributed by atoms with E-state index in [1.807, 2.05) is 13.1 Å². The van der Waals surface area contributed by atoms with Gasteiger partial charge < -0.3 is 5.32 Å². The number of rotatable bonds is 4. The molecule has 1 atom stereocenters. The zero-order valence-corrected chi connectivity index (χ0v) is 14.3. The Bertz CT molecular complexity index is 544. The Morgan fingerprint density at radius 1 is 1.44 bits per heavy atom. The molecule has 18 heavy (non-hydrogen) atoms. The van der Waals surface area contributed by atoms with E-state index >= 15 is 0 Å². The van der Waals surface area contributed by atoms with Gasteiger partial charge in [0.1, 0.15) is 5.82 Å². The van der Waals surface area contributed by atoms with Gasteiger partial charge in [-0.2, -0.15) is 0 Å². The highest BCUT2D eigenvalue weighted by molar-refractivity contribution is 14.1. The lowest BCUT2D eigenvalue weighted by Crippen LogP contribution is -2.19. The Morgan fingerprint density at radius 3 is 2.78 bits per heavy atom. The summed E-state index contributed by atoms with van der Waals surface area (Å²) in [7, 11) is 1.94. The molecule has 0 amide bonds. The lowest BCUT2D eigenvalue weighted by molar-refractivity contribution is 0.585. The third-order valence-electron chi connectivity index (χ3n) is 2.77. The van der Waals surface area contributed by atoms with E-state index in [1.54, 1.807) is 17.4 Å². The zero-order chi connectivity index (χ0) is 13.1. The van der Waals surface area contributed by atoms with Crippen LogP contribution in [-0.2, 0) is 6.42 Å². The van der Waals surface area contributed by atoms with E-state index in [4.69, 9.17) is 0 Å². The number of halogens is 3. The molecule has 1 heterocycles. The molecule has 1 N–H and O–H groups in total. The summed E-state index contributed by atoms with van der Waals surface area (Å²) < 4.78 is 15.2. The van der Waals surface area contributed by atoms with E-state index in [9.17, 15) is 4.39 Å². The molecule has 2 rings (SSSR count). The predicted octanol–water partition coefficient (Wildman–Crippen LogP) is 4.76. The van der Waals surface area contributed by atoms with Crippen LogP contribution in [0.15, 0.2) is 34.1 Å². The van der Waals surface area contributed by atoms with Gasteiger partial charge in [-0.3, -0.25) is 0 Å². The minimum Gasteiger partial charge on any atom is -0.313 e. The molecule has 1 aromatic heterocycles. The Kier molecular flexibility index (Phi) is 5.17. The number of nitrogens with one attached hydrogen (secondary N) is 1. The normalized spacial score (nSPS) is 12.7. The fraction of sp³-hybridized carbons (Fsp3) is 0.231. The predicted molar refractivity (Wildman–Crippen MR) is 86.6 cm³/mol. The second kappa shape index (κ2) is 6.45. The van der Waals surface area contributed by atoms with E-state index in [0.717, 1.165) is 20.0 Å². The van der Waals surface area contributed by atoms with Crippen LogP contribution in [0.5, 0.6) is 0 Å². The van der Waals surface area contributed by atoms with E-state index in [0.29, 0.717) is 0 Å². The van der Waals surface area contributed by atoms with Gasteiger partial charge >= 0.3 is 0 Å². The van der Waals surface area contributed by atoms with Crippen molar-refractivity contribution in [2.45, 2.75) is 12.5 Å². The highest BCUT2D eigenvalue weighted by Gasteiger charge is 2.15. The first kappa shape index (κ1) is 14.4.